The summed E-state index contributed by atoms with van der Waals surface area (Å²) >= 11 is 1.67. The molecule has 5 rings (SSSR count). The van der Waals surface area contributed by atoms with Crippen molar-refractivity contribution in [2.75, 3.05) is 0 Å². The summed E-state index contributed by atoms with van der Waals surface area (Å²) in [6, 6.07) is 10.5. The van der Waals surface area contributed by atoms with E-state index < -0.39 is 0 Å². The summed E-state index contributed by atoms with van der Waals surface area (Å²) in [6.45, 7) is 0. The maximum absolute atomic E-state index is 9.88. The van der Waals surface area contributed by atoms with Crippen LogP contribution in [0.25, 0.3) is 16.7 Å². The van der Waals surface area contributed by atoms with Crippen LogP contribution in [0.5, 0.6) is 0 Å². The number of nitrogens with zero attached hydrogens (tertiary/aromatic N) is 5. The molecule has 1 aliphatic carbocycles. The zero-order valence-electron chi connectivity index (χ0n) is 14.4. The molecule has 0 spiro atoms. The Kier molecular flexibility index (Phi) is 3.50. The Labute approximate surface area is 155 Å². The molecule has 6 heteroatoms. The van der Waals surface area contributed by atoms with Crippen molar-refractivity contribution in [2.45, 2.75) is 35.9 Å². The highest BCUT2D eigenvalue weighted by molar-refractivity contribution is 7.99. The molecule has 0 radical (unpaired) electrons. The van der Waals surface area contributed by atoms with Gasteiger partial charge < -0.3 is 4.57 Å². The van der Waals surface area contributed by atoms with E-state index in [4.69, 9.17) is 4.98 Å². The van der Waals surface area contributed by atoms with Gasteiger partial charge in [-0.15, -0.1) is 0 Å². The van der Waals surface area contributed by atoms with Gasteiger partial charge in [0.2, 0.25) is 0 Å². The number of hydrogen-bond acceptors (Lipinski definition) is 4. The molecule has 0 aliphatic heterocycles. The van der Waals surface area contributed by atoms with Gasteiger partial charge in [-0.3, -0.25) is 4.40 Å². The van der Waals surface area contributed by atoms with Crippen molar-refractivity contribution in [3.8, 4) is 6.07 Å². The Bertz CT molecular complexity index is 1190. The predicted octanol–water partition coefficient (Wildman–Crippen LogP) is 4.12. The first-order valence-corrected chi connectivity index (χ1v) is 9.60. The maximum Gasteiger partial charge on any atom is 0.174 e. The second kappa shape index (κ2) is 5.89. The average Bonchev–Trinajstić information content (AvgIpc) is 3.25. The van der Waals surface area contributed by atoms with E-state index in [1.54, 1.807) is 11.8 Å². The van der Waals surface area contributed by atoms with E-state index in [9.17, 15) is 5.26 Å². The van der Waals surface area contributed by atoms with Crippen LogP contribution in [0.3, 0.4) is 0 Å². The summed E-state index contributed by atoms with van der Waals surface area (Å²) in [6.07, 6.45) is 8.02. The van der Waals surface area contributed by atoms with Crippen molar-refractivity contribution in [1.29, 1.82) is 5.26 Å². The van der Waals surface area contributed by atoms with Crippen molar-refractivity contribution < 1.29 is 0 Å². The Morgan fingerprint density at radius 2 is 1.96 bits per heavy atom. The van der Waals surface area contributed by atoms with Gasteiger partial charge in [-0.1, -0.05) is 12.1 Å². The number of benzene rings is 1. The standard InChI is InChI=1S/C20H17N5S/c1-24-11-10-22-20(24)26-19-14-7-3-2-6-13(14)15(12-21)18-23-16-8-4-5-9-17(16)25(18)19/h4-5,8-11H,2-3,6-7H2,1H3. The van der Waals surface area contributed by atoms with Crippen LogP contribution in [0, 0.1) is 11.3 Å². The number of aromatic nitrogens is 4. The lowest BCUT2D eigenvalue weighted by atomic mass is 9.90. The molecule has 3 heterocycles. The molecule has 4 aromatic rings. The minimum Gasteiger partial charge on any atom is -0.329 e. The highest BCUT2D eigenvalue weighted by Gasteiger charge is 2.25. The van der Waals surface area contributed by atoms with Gasteiger partial charge in [-0.2, -0.15) is 5.26 Å². The van der Waals surface area contributed by atoms with E-state index in [1.165, 1.54) is 11.1 Å². The first-order chi connectivity index (χ1) is 12.8. The molecule has 0 amide bonds. The van der Waals surface area contributed by atoms with Gasteiger partial charge in [0.1, 0.15) is 6.07 Å². The van der Waals surface area contributed by atoms with Gasteiger partial charge in [0, 0.05) is 19.4 Å². The first kappa shape index (κ1) is 15.5. The van der Waals surface area contributed by atoms with Crippen molar-refractivity contribution in [3.05, 3.63) is 53.3 Å². The molecule has 0 saturated heterocycles. The number of fused-ring (bicyclic) bond motifs is 4. The largest absolute Gasteiger partial charge is 0.329 e. The van der Waals surface area contributed by atoms with Gasteiger partial charge >= 0.3 is 0 Å². The van der Waals surface area contributed by atoms with Crippen molar-refractivity contribution in [1.82, 2.24) is 18.9 Å². The van der Waals surface area contributed by atoms with Crippen LogP contribution in [-0.2, 0) is 19.9 Å². The van der Waals surface area contributed by atoms with Crippen LogP contribution in [0.1, 0.15) is 29.5 Å². The Morgan fingerprint density at radius 1 is 1.15 bits per heavy atom. The third kappa shape index (κ3) is 2.17. The lowest BCUT2D eigenvalue weighted by Crippen LogP contribution is -2.11. The second-order valence-corrected chi connectivity index (χ2v) is 7.59. The number of pyridine rings is 1. The summed E-state index contributed by atoms with van der Waals surface area (Å²) < 4.78 is 4.19. The molecule has 3 aromatic heterocycles. The number of aryl methyl sites for hydroxylation is 1. The number of rotatable bonds is 2. The summed E-state index contributed by atoms with van der Waals surface area (Å²) in [5, 5.41) is 12.0. The average molecular weight is 359 g/mol. The number of nitriles is 1. The molecule has 0 atom stereocenters. The minimum atomic E-state index is 0.736. The molecule has 0 unspecified atom stereocenters. The van der Waals surface area contributed by atoms with Crippen LogP contribution < -0.4 is 0 Å². The topological polar surface area (TPSA) is 58.9 Å². The minimum absolute atomic E-state index is 0.736. The molecule has 0 fully saturated rings. The highest BCUT2D eigenvalue weighted by atomic mass is 32.2. The third-order valence-corrected chi connectivity index (χ3v) is 6.29. The Hall–Kier alpha value is -2.78. The van der Waals surface area contributed by atoms with Crippen LogP contribution in [0.15, 0.2) is 46.8 Å². The zero-order chi connectivity index (χ0) is 17.7. The van der Waals surface area contributed by atoms with E-state index in [0.717, 1.165) is 58.1 Å². The number of para-hydroxylation sites is 2. The van der Waals surface area contributed by atoms with Crippen molar-refractivity contribution >= 4 is 28.4 Å². The lowest BCUT2D eigenvalue weighted by Gasteiger charge is -2.22. The van der Waals surface area contributed by atoms with Gasteiger partial charge in [-0.25, -0.2) is 9.97 Å². The summed E-state index contributed by atoms with van der Waals surface area (Å²) in [4.78, 5) is 9.31. The zero-order valence-corrected chi connectivity index (χ0v) is 15.3. The molecule has 0 bridgehead atoms. The molecular formula is C20H17N5S. The lowest BCUT2D eigenvalue weighted by molar-refractivity contribution is 0.663. The fraction of sp³-hybridized carbons (Fsp3) is 0.250. The molecule has 0 saturated carbocycles. The first-order valence-electron chi connectivity index (χ1n) is 8.78. The fourth-order valence-electron chi connectivity index (χ4n) is 3.85. The van der Waals surface area contributed by atoms with E-state index in [0.29, 0.717) is 0 Å². The number of imidazole rings is 2. The normalized spacial score (nSPS) is 13.8. The van der Waals surface area contributed by atoms with Gasteiger partial charge in [0.25, 0.3) is 0 Å². The summed E-state index contributed by atoms with van der Waals surface area (Å²) in [7, 11) is 2.01. The Morgan fingerprint density at radius 3 is 2.73 bits per heavy atom. The van der Waals surface area contributed by atoms with Gasteiger partial charge in [0.15, 0.2) is 10.8 Å². The molecule has 1 aliphatic rings. The summed E-state index contributed by atoms with van der Waals surface area (Å²) in [5.41, 5.74) is 5.94. The molecule has 5 nitrogen and oxygen atoms in total. The molecular weight excluding hydrogens is 342 g/mol. The van der Waals surface area contributed by atoms with Crippen LogP contribution in [-0.4, -0.2) is 18.9 Å². The van der Waals surface area contributed by atoms with Crippen molar-refractivity contribution in [3.63, 3.8) is 0 Å². The third-order valence-electron chi connectivity index (χ3n) is 5.09. The smallest absolute Gasteiger partial charge is 0.174 e. The summed E-state index contributed by atoms with van der Waals surface area (Å²) in [5.74, 6) is 0. The monoisotopic (exact) mass is 359 g/mol. The predicted molar refractivity (Wildman–Crippen MR) is 101 cm³/mol. The molecule has 0 N–H and O–H groups in total. The molecule has 128 valence electrons. The van der Waals surface area contributed by atoms with Crippen LogP contribution in [0.2, 0.25) is 0 Å². The van der Waals surface area contributed by atoms with Crippen LogP contribution in [0.4, 0.5) is 0 Å². The Balaban J connectivity index is 1.92. The van der Waals surface area contributed by atoms with E-state index in [-0.39, 0.29) is 0 Å². The maximum atomic E-state index is 9.88. The van der Waals surface area contributed by atoms with E-state index in [1.807, 2.05) is 42.2 Å². The van der Waals surface area contributed by atoms with Crippen molar-refractivity contribution in [2.24, 2.45) is 7.05 Å². The number of hydrogen-bond donors (Lipinski definition) is 0. The van der Waals surface area contributed by atoms with Crippen LogP contribution >= 0.6 is 11.8 Å². The quantitative estimate of drug-likeness (QED) is 0.540. The highest BCUT2D eigenvalue weighted by Crippen LogP contribution is 2.39. The van der Waals surface area contributed by atoms with E-state index in [2.05, 4.69) is 21.5 Å². The van der Waals surface area contributed by atoms with Gasteiger partial charge in [0.05, 0.1) is 21.6 Å². The molecule has 26 heavy (non-hydrogen) atoms. The van der Waals surface area contributed by atoms with Gasteiger partial charge in [-0.05, 0) is 60.7 Å². The second-order valence-electron chi connectivity index (χ2n) is 6.64. The fourth-order valence-corrected chi connectivity index (χ4v) is 4.96. The molecule has 1 aromatic carbocycles. The SMILES string of the molecule is Cn1ccnc1Sc1c2c(c(C#N)c3nc4ccccc4n13)CCCC2. The van der Waals surface area contributed by atoms with E-state index >= 15 is 0 Å².